The van der Waals surface area contributed by atoms with Crippen LogP contribution in [-0.4, -0.2) is 29.4 Å². The van der Waals surface area contributed by atoms with E-state index < -0.39 is 5.97 Å². The normalized spacial score (nSPS) is 10.6. The average Bonchev–Trinajstić information content (AvgIpc) is 2.64. The molecule has 3 aromatic carbocycles. The summed E-state index contributed by atoms with van der Waals surface area (Å²) < 4.78 is 11.1. The number of rotatable bonds is 7. The smallest absolute Gasteiger partial charge is 0.339 e. The summed E-state index contributed by atoms with van der Waals surface area (Å²) >= 11 is 0. The Labute approximate surface area is 145 Å². The molecule has 0 spiro atoms. The van der Waals surface area contributed by atoms with Crippen molar-refractivity contribution in [3.8, 4) is 11.5 Å². The van der Waals surface area contributed by atoms with Gasteiger partial charge in [0.15, 0.2) is 0 Å². The molecule has 0 unspecified atom stereocenters. The van der Waals surface area contributed by atoms with Gasteiger partial charge in [-0.05, 0) is 28.5 Å². The molecule has 0 saturated carbocycles. The Morgan fingerprint density at radius 3 is 2.56 bits per heavy atom. The van der Waals surface area contributed by atoms with Crippen molar-refractivity contribution < 1.29 is 24.5 Å². The summed E-state index contributed by atoms with van der Waals surface area (Å²) in [4.78, 5) is 11.4. The van der Waals surface area contributed by atoms with Crippen LogP contribution in [0.4, 0.5) is 0 Å². The molecule has 0 bridgehead atoms. The van der Waals surface area contributed by atoms with E-state index in [2.05, 4.69) is 0 Å². The van der Waals surface area contributed by atoms with Gasteiger partial charge < -0.3 is 19.7 Å². The third-order valence-corrected chi connectivity index (χ3v) is 3.81. The Hall–Kier alpha value is -3.05. The second-order valence-corrected chi connectivity index (χ2v) is 5.46. The van der Waals surface area contributed by atoms with Crippen LogP contribution in [0.5, 0.6) is 11.5 Å². The van der Waals surface area contributed by atoms with Gasteiger partial charge in [0.05, 0.1) is 6.61 Å². The second-order valence-electron chi connectivity index (χ2n) is 5.46. The van der Waals surface area contributed by atoms with Crippen LogP contribution in [0.15, 0.2) is 60.7 Å². The molecule has 5 heteroatoms. The Kier molecular flexibility index (Phi) is 5.16. The zero-order chi connectivity index (χ0) is 17.6. The fraction of sp³-hybridized carbons (Fsp3) is 0.150. The van der Waals surface area contributed by atoms with Crippen molar-refractivity contribution >= 4 is 16.7 Å². The lowest BCUT2D eigenvalue weighted by Gasteiger charge is -2.13. The first-order valence-electron chi connectivity index (χ1n) is 7.89. The number of hydrogen-bond acceptors (Lipinski definition) is 4. The van der Waals surface area contributed by atoms with Crippen LogP contribution in [0.1, 0.15) is 15.9 Å². The maximum atomic E-state index is 11.4. The van der Waals surface area contributed by atoms with E-state index in [4.69, 9.17) is 14.6 Å². The maximum absolute atomic E-state index is 11.4. The summed E-state index contributed by atoms with van der Waals surface area (Å²) in [6.07, 6.45) is 0. The largest absolute Gasteiger partial charge is 0.491 e. The lowest BCUT2D eigenvalue weighted by atomic mass is 10.1. The molecule has 0 aliphatic rings. The van der Waals surface area contributed by atoms with E-state index in [1.165, 1.54) is 12.1 Å². The van der Waals surface area contributed by atoms with Crippen LogP contribution in [0.3, 0.4) is 0 Å². The number of aliphatic hydroxyl groups excluding tert-OH is 1. The predicted octanol–water partition coefficient (Wildman–Crippen LogP) is 3.49. The molecule has 0 atom stereocenters. The minimum Gasteiger partial charge on any atom is -0.491 e. The quantitative estimate of drug-likeness (QED) is 0.690. The summed E-state index contributed by atoms with van der Waals surface area (Å²) in [5.74, 6) is -0.385. The van der Waals surface area contributed by atoms with E-state index in [1.54, 1.807) is 6.07 Å². The molecule has 0 aliphatic heterocycles. The molecule has 0 aliphatic carbocycles. The third-order valence-electron chi connectivity index (χ3n) is 3.81. The SMILES string of the molecule is O=C(O)c1ccc(OCCO)cc1OCc1cccc2ccccc12. The van der Waals surface area contributed by atoms with E-state index in [1.807, 2.05) is 42.5 Å². The minimum atomic E-state index is -1.07. The molecule has 5 nitrogen and oxygen atoms in total. The second kappa shape index (κ2) is 7.68. The first kappa shape index (κ1) is 16.8. The molecule has 25 heavy (non-hydrogen) atoms. The minimum absolute atomic E-state index is 0.0663. The highest BCUT2D eigenvalue weighted by atomic mass is 16.5. The molecular weight excluding hydrogens is 320 g/mol. The van der Waals surface area contributed by atoms with Gasteiger partial charge in [0.1, 0.15) is 30.3 Å². The van der Waals surface area contributed by atoms with Crippen molar-refractivity contribution in [1.29, 1.82) is 0 Å². The van der Waals surface area contributed by atoms with Gasteiger partial charge in [-0.3, -0.25) is 0 Å². The van der Waals surface area contributed by atoms with E-state index in [0.29, 0.717) is 5.75 Å². The summed E-state index contributed by atoms with van der Waals surface area (Å²) in [7, 11) is 0. The number of fused-ring (bicyclic) bond motifs is 1. The monoisotopic (exact) mass is 338 g/mol. The number of aliphatic hydroxyl groups is 1. The topological polar surface area (TPSA) is 76.0 Å². The Morgan fingerprint density at radius 2 is 1.76 bits per heavy atom. The van der Waals surface area contributed by atoms with Gasteiger partial charge in [0, 0.05) is 6.07 Å². The summed E-state index contributed by atoms with van der Waals surface area (Å²) in [6.45, 7) is 0.257. The third kappa shape index (κ3) is 3.89. The number of ether oxygens (including phenoxy) is 2. The van der Waals surface area contributed by atoms with Gasteiger partial charge in [-0.25, -0.2) is 4.79 Å². The van der Waals surface area contributed by atoms with E-state index in [-0.39, 0.29) is 31.1 Å². The van der Waals surface area contributed by atoms with Crippen LogP contribution in [-0.2, 0) is 6.61 Å². The van der Waals surface area contributed by atoms with Gasteiger partial charge in [0.2, 0.25) is 0 Å². The van der Waals surface area contributed by atoms with Gasteiger partial charge in [0.25, 0.3) is 0 Å². The van der Waals surface area contributed by atoms with E-state index in [0.717, 1.165) is 16.3 Å². The number of carboxylic acid groups (broad SMARTS) is 1. The highest BCUT2D eigenvalue weighted by molar-refractivity contribution is 5.91. The molecule has 2 N–H and O–H groups in total. The molecule has 3 rings (SSSR count). The lowest BCUT2D eigenvalue weighted by Crippen LogP contribution is -2.06. The number of carbonyl (C=O) groups is 1. The fourth-order valence-corrected chi connectivity index (χ4v) is 2.63. The first-order chi connectivity index (χ1) is 12.2. The van der Waals surface area contributed by atoms with E-state index >= 15 is 0 Å². The maximum Gasteiger partial charge on any atom is 0.339 e. The van der Waals surface area contributed by atoms with Crippen molar-refractivity contribution in [2.24, 2.45) is 0 Å². The van der Waals surface area contributed by atoms with Crippen LogP contribution in [0.25, 0.3) is 10.8 Å². The summed E-state index contributed by atoms with van der Waals surface area (Å²) in [5.41, 5.74) is 1.03. The molecule has 0 heterocycles. The fourth-order valence-electron chi connectivity index (χ4n) is 2.63. The van der Waals surface area contributed by atoms with Crippen LogP contribution < -0.4 is 9.47 Å². The molecule has 128 valence electrons. The zero-order valence-corrected chi connectivity index (χ0v) is 13.5. The van der Waals surface area contributed by atoms with Gasteiger partial charge in [-0.1, -0.05) is 42.5 Å². The Balaban J connectivity index is 1.87. The standard InChI is InChI=1S/C20H18O5/c21-10-11-24-16-8-9-18(20(22)23)19(12-16)25-13-15-6-3-5-14-4-1-2-7-17(14)15/h1-9,12,21H,10-11,13H2,(H,22,23). The van der Waals surface area contributed by atoms with Gasteiger partial charge in [-0.2, -0.15) is 0 Å². The Bertz CT molecular complexity index is 883. The molecule has 0 saturated heterocycles. The molecule has 0 radical (unpaired) electrons. The first-order valence-corrected chi connectivity index (χ1v) is 7.89. The van der Waals surface area contributed by atoms with Crippen molar-refractivity contribution in [1.82, 2.24) is 0 Å². The Morgan fingerprint density at radius 1 is 0.960 bits per heavy atom. The number of hydrogen-bond donors (Lipinski definition) is 2. The molecule has 0 aromatic heterocycles. The molecular formula is C20H18O5. The lowest BCUT2D eigenvalue weighted by molar-refractivity contribution is 0.0691. The molecule has 0 fully saturated rings. The predicted molar refractivity (Wildman–Crippen MR) is 94.3 cm³/mol. The molecule has 0 amide bonds. The highest BCUT2D eigenvalue weighted by Gasteiger charge is 2.13. The zero-order valence-electron chi connectivity index (χ0n) is 13.5. The molecule has 3 aromatic rings. The van der Waals surface area contributed by atoms with Crippen molar-refractivity contribution in [2.75, 3.05) is 13.2 Å². The van der Waals surface area contributed by atoms with Crippen LogP contribution in [0, 0.1) is 0 Å². The van der Waals surface area contributed by atoms with Crippen molar-refractivity contribution in [3.05, 3.63) is 71.8 Å². The number of carboxylic acids is 1. The van der Waals surface area contributed by atoms with E-state index in [9.17, 15) is 9.90 Å². The van der Waals surface area contributed by atoms with Crippen molar-refractivity contribution in [3.63, 3.8) is 0 Å². The van der Waals surface area contributed by atoms with Gasteiger partial charge >= 0.3 is 5.97 Å². The number of benzene rings is 3. The highest BCUT2D eigenvalue weighted by Crippen LogP contribution is 2.27. The number of aromatic carboxylic acids is 1. The van der Waals surface area contributed by atoms with Crippen LogP contribution in [0.2, 0.25) is 0 Å². The van der Waals surface area contributed by atoms with Crippen LogP contribution >= 0.6 is 0 Å². The summed E-state index contributed by atoms with van der Waals surface area (Å²) in [5, 5.41) is 20.3. The van der Waals surface area contributed by atoms with Crippen molar-refractivity contribution in [2.45, 2.75) is 6.61 Å². The van der Waals surface area contributed by atoms with Gasteiger partial charge in [-0.15, -0.1) is 0 Å². The summed E-state index contributed by atoms with van der Waals surface area (Å²) in [6, 6.07) is 18.4. The average molecular weight is 338 g/mol.